The van der Waals surface area contributed by atoms with E-state index in [1.807, 2.05) is 16.2 Å². The molecule has 3 aliphatic heterocycles. The standard InChI is InChI=1S/C17H24N2O3S/c20-16(13-11-18-5-9-21-12-13)19-6-3-17(4-7-19)14-2-10-23-15(14)1-8-22-17/h2,10,13,18H,1,3-9,11-12H2. The summed E-state index contributed by atoms with van der Waals surface area (Å²) in [5.74, 6) is 0.186. The summed E-state index contributed by atoms with van der Waals surface area (Å²) in [7, 11) is 0. The van der Waals surface area contributed by atoms with Crippen LogP contribution in [0.15, 0.2) is 11.4 Å². The zero-order valence-corrected chi connectivity index (χ0v) is 14.2. The Morgan fingerprint density at radius 2 is 2.22 bits per heavy atom. The summed E-state index contributed by atoms with van der Waals surface area (Å²) in [6, 6.07) is 2.22. The molecular weight excluding hydrogens is 312 g/mol. The predicted octanol–water partition coefficient (Wildman–Crippen LogP) is 1.37. The van der Waals surface area contributed by atoms with Gasteiger partial charge in [0, 0.05) is 37.5 Å². The number of likely N-dealkylation sites (tertiary alicyclic amines) is 1. The van der Waals surface area contributed by atoms with Crippen molar-refractivity contribution in [1.82, 2.24) is 10.2 Å². The number of nitrogens with zero attached hydrogens (tertiary/aromatic N) is 1. The number of rotatable bonds is 1. The molecule has 1 unspecified atom stereocenters. The normalized spacial score (nSPS) is 27.5. The second-order valence-electron chi connectivity index (χ2n) is 6.65. The first-order valence-electron chi connectivity index (χ1n) is 8.57. The minimum absolute atomic E-state index is 0.0458. The Morgan fingerprint density at radius 3 is 3.09 bits per heavy atom. The van der Waals surface area contributed by atoms with E-state index in [4.69, 9.17) is 9.47 Å². The van der Waals surface area contributed by atoms with Crippen molar-refractivity contribution in [3.8, 4) is 0 Å². The van der Waals surface area contributed by atoms with Crippen molar-refractivity contribution in [2.45, 2.75) is 24.9 Å². The molecule has 23 heavy (non-hydrogen) atoms. The van der Waals surface area contributed by atoms with Crippen LogP contribution in [0, 0.1) is 5.92 Å². The van der Waals surface area contributed by atoms with Gasteiger partial charge in [0.2, 0.25) is 5.91 Å². The maximum absolute atomic E-state index is 12.7. The Balaban J connectivity index is 1.42. The largest absolute Gasteiger partial charge is 0.379 e. The highest BCUT2D eigenvalue weighted by atomic mass is 32.1. The minimum atomic E-state index is -0.150. The van der Waals surface area contributed by atoms with Crippen LogP contribution in [-0.4, -0.2) is 56.8 Å². The average molecular weight is 336 g/mol. The van der Waals surface area contributed by atoms with Gasteiger partial charge in [0.15, 0.2) is 0 Å². The summed E-state index contributed by atoms with van der Waals surface area (Å²) in [6.07, 6.45) is 2.84. The number of hydrogen-bond donors (Lipinski definition) is 1. The number of thiophene rings is 1. The minimum Gasteiger partial charge on any atom is -0.379 e. The molecule has 0 aromatic carbocycles. The molecule has 5 nitrogen and oxygen atoms in total. The second-order valence-corrected chi connectivity index (χ2v) is 7.65. The van der Waals surface area contributed by atoms with E-state index in [0.717, 1.165) is 52.0 Å². The molecule has 1 spiro atoms. The maximum Gasteiger partial charge on any atom is 0.229 e. The first-order valence-corrected chi connectivity index (χ1v) is 9.44. The number of amides is 1. The van der Waals surface area contributed by atoms with Gasteiger partial charge in [-0.25, -0.2) is 0 Å². The molecule has 1 aromatic rings. The lowest BCUT2D eigenvalue weighted by Gasteiger charge is -2.44. The molecule has 0 aliphatic carbocycles. The third kappa shape index (κ3) is 2.93. The molecule has 2 saturated heterocycles. The fourth-order valence-electron chi connectivity index (χ4n) is 3.98. The van der Waals surface area contributed by atoms with Gasteiger partial charge in [-0.05, 0) is 29.9 Å². The predicted molar refractivity (Wildman–Crippen MR) is 88.6 cm³/mol. The molecular formula is C17H24N2O3S. The van der Waals surface area contributed by atoms with E-state index >= 15 is 0 Å². The van der Waals surface area contributed by atoms with Crippen molar-refractivity contribution in [3.63, 3.8) is 0 Å². The van der Waals surface area contributed by atoms with Crippen LogP contribution in [0.25, 0.3) is 0 Å². The van der Waals surface area contributed by atoms with Crippen LogP contribution in [0.2, 0.25) is 0 Å². The Hall–Kier alpha value is -0.950. The topological polar surface area (TPSA) is 50.8 Å². The second kappa shape index (κ2) is 6.51. The third-order valence-electron chi connectivity index (χ3n) is 5.31. The molecule has 6 heteroatoms. The van der Waals surface area contributed by atoms with Gasteiger partial charge < -0.3 is 19.7 Å². The number of piperidine rings is 1. The highest BCUT2D eigenvalue weighted by molar-refractivity contribution is 7.10. The lowest BCUT2D eigenvalue weighted by molar-refractivity contribution is -0.145. The summed E-state index contributed by atoms with van der Waals surface area (Å²) >= 11 is 1.84. The quantitative estimate of drug-likeness (QED) is 0.842. The van der Waals surface area contributed by atoms with Gasteiger partial charge in [-0.3, -0.25) is 4.79 Å². The molecule has 0 saturated carbocycles. The molecule has 1 amide bonds. The molecule has 3 aliphatic rings. The van der Waals surface area contributed by atoms with Crippen LogP contribution in [-0.2, 0) is 26.3 Å². The Bertz CT molecular complexity index is 558. The van der Waals surface area contributed by atoms with E-state index in [1.165, 1.54) is 10.4 Å². The molecule has 1 atom stereocenters. The first kappa shape index (κ1) is 15.6. The third-order valence-corrected chi connectivity index (χ3v) is 6.29. The lowest BCUT2D eigenvalue weighted by Crippen LogP contribution is -2.50. The Labute approximate surface area is 140 Å². The van der Waals surface area contributed by atoms with E-state index in [9.17, 15) is 4.79 Å². The van der Waals surface area contributed by atoms with E-state index in [2.05, 4.69) is 16.8 Å². The molecule has 1 aromatic heterocycles. The number of carbonyl (C=O) groups is 1. The highest BCUT2D eigenvalue weighted by Gasteiger charge is 2.42. The molecule has 2 fully saturated rings. The van der Waals surface area contributed by atoms with Crippen LogP contribution in [0.5, 0.6) is 0 Å². The molecule has 126 valence electrons. The maximum atomic E-state index is 12.7. The van der Waals surface area contributed by atoms with Gasteiger partial charge in [0.05, 0.1) is 31.3 Å². The summed E-state index contributed by atoms with van der Waals surface area (Å²) in [6.45, 7) is 5.17. The van der Waals surface area contributed by atoms with Gasteiger partial charge in [0.25, 0.3) is 0 Å². The molecule has 0 bridgehead atoms. The van der Waals surface area contributed by atoms with Crippen molar-refractivity contribution in [2.24, 2.45) is 5.92 Å². The van der Waals surface area contributed by atoms with Crippen LogP contribution in [0.4, 0.5) is 0 Å². The number of ether oxygens (including phenoxy) is 2. The molecule has 4 rings (SSSR count). The number of hydrogen-bond acceptors (Lipinski definition) is 5. The van der Waals surface area contributed by atoms with Gasteiger partial charge in [-0.1, -0.05) is 0 Å². The zero-order chi connectivity index (χ0) is 15.7. The Morgan fingerprint density at radius 1 is 1.35 bits per heavy atom. The van der Waals surface area contributed by atoms with E-state index < -0.39 is 0 Å². The molecule has 0 radical (unpaired) electrons. The van der Waals surface area contributed by atoms with Crippen LogP contribution in [0.1, 0.15) is 23.3 Å². The van der Waals surface area contributed by atoms with Crippen LogP contribution < -0.4 is 5.32 Å². The summed E-state index contributed by atoms with van der Waals surface area (Å²) in [4.78, 5) is 16.2. The van der Waals surface area contributed by atoms with E-state index in [1.54, 1.807) is 0 Å². The summed E-state index contributed by atoms with van der Waals surface area (Å²) < 4.78 is 11.7. The average Bonchev–Trinajstić information content (AvgIpc) is 2.91. The SMILES string of the molecule is O=C(C1CNCCOC1)N1CCC2(CC1)OCCc1sccc12. The van der Waals surface area contributed by atoms with Gasteiger partial charge >= 0.3 is 0 Å². The number of fused-ring (bicyclic) bond motifs is 2. The highest BCUT2D eigenvalue weighted by Crippen LogP contribution is 2.43. The van der Waals surface area contributed by atoms with E-state index in [-0.39, 0.29) is 17.4 Å². The van der Waals surface area contributed by atoms with Crippen molar-refractivity contribution >= 4 is 17.2 Å². The summed E-state index contributed by atoms with van der Waals surface area (Å²) in [5, 5.41) is 5.46. The van der Waals surface area contributed by atoms with Crippen molar-refractivity contribution in [1.29, 1.82) is 0 Å². The Kier molecular flexibility index (Phi) is 4.41. The lowest BCUT2D eigenvalue weighted by atomic mass is 9.82. The van der Waals surface area contributed by atoms with Crippen molar-refractivity contribution in [2.75, 3.05) is 46.0 Å². The van der Waals surface area contributed by atoms with Gasteiger partial charge in [0.1, 0.15) is 0 Å². The fourth-order valence-corrected chi connectivity index (χ4v) is 4.93. The smallest absolute Gasteiger partial charge is 0.229 e. The van der Waals surface area contributed by atoms with Crippen LogP contribution >= 0.6 is 11.3 Å². The van der Waals surface area contributed by atoms with E-state index in [0.29, 0.717) is 13.2 Å². The summed E-state index contributed by atoms with van der Waals surface area (Å²) in [5.41, 5.74) is 1.23. The van der Waals surface area contributed by atoms with Crippen molar-refractivity contribution < 1.29 is 14.3 Å². The van der Waals surface area contributed by atoms with Gasteiger partial charge in [-0.2, -0.15) is 0 Å². The number of carbonyl (C=O) groups excluding carboxylic acids is 1. The van der Waals surface area contributed by atoms with Gasteiger partial charge in [-0.15, -0.1) is 11.3 Å². The molecule has 1 N–H and O–H groups in total. The first-order chi connectivity index (χ1) is 11.3. The monoisotopic (exact) mass is 336 g/mol. The fraction of sp³-hybridized carbons (Fsp3) is 0.706. The zero-order valence-electron chi connectivity index (χ0n) is 13.4. The number of nitrogens with one attached hydrogen (secondary N) is 1. The van der Waals surface area contributed by atoms with Crippen molar-refractivity contribution in [3.05, 3.63) is 21.9 Å². The van der Waals surface area contributed by atoms with Crippen LogP contribution in [0.3, 0.4) is 0 Å². The molecule has 4 heterocycles.